The maximum atomic E-state index is 13.4. The van der Waals surface area contributed by atoms with Gasteiger partial charge in [-0.2, -0.15) is 0 Å². The van der Waals surface area contributed by atoms with E-state index in [1.165, 1.54) is 22.7 Å². The predicted molar refractivity (Wildman–Crippen MR) is 137 cm³/mol. The topological polar surface area (TPSA) is 70.0 Å². The van der Waals surface area contributed by atoms with E-state index in [1.807, 2.05) is 54.3 Å². The van der Waals surface area contributed by atoms with Crippen LogP contribution in [0.4, 0.5) is 0 Å². The fourth-order valence-electron chi connectivity index (χ4n) is 4.15. The van der Waals surface area contributed by atoms with Crippen molar-refractivity contribution in [3.8, 4) is 0 Å². The molecule has 7 heteroatoms. The van der Waals surface area contributed by atoms with Crippen LogP contribution in [0, 0.1) is 5.92 Å². The molecule has 1 aliphatic carbocycles. The lowest BCUT2D eigenvalue weighted by Crippen LogP contribution is -2.41. The SMILES string of the molecule is CN(/C=C/C(OC(=O)C(O)(c1cccs1)c1cccs1)C1CCC1)Cc1cccc(CCO)c1. The van der Waals surface area contributed by atoms with Crippen molar-refractivity contribution in [3.63, 3.8) is 0 Å². The Hall–Kier alpha value is -2.45. The first-order chi connectivity index (χ1) is 16.5. The Bertz CT molecular complexity index is 1040. The van der Waals surface area contributed by atoms with Gasteiger partial charge in [-0.15, -0.1) is 22.7 Å². The monoisotopic (exact) mass is 497 g/mol. The zero-order chi connectivity index (χ0) is 24.0. The molecule has 1 atom stereocenters. The van der Waals surface area contributed by atoms with E-state index in [1.54, 1.807) is 12.1 Å². The number of nitrogens with zero attached hydrogens (tertiary/aromatic N) is 1. The highest BCUT2D eigenvalue weighted by molar-refractivity contribution is 7.12. The first kappa shape index (κ1) is 24.7. The number of benzene rings is 1. The molecule has 4 rings (SSSR count). The summed E-state index contributed by atoms with van der Waals surface area (Å²) in [4.78, 5) is 16.6. The normalized spacial score (nSPS) is 15.3. The Kier molecular flexibility index (Phi) is 8.21. The molecule has 0 radical (unpaired) electrons. The summed E-state index contributed by atoms with van der Waals surface area (Å²) >= 11 is 2.70. The van der Waals surface area contributed by atoms with Crippen LogP contribution in [0.15, 0.2) is 71.6 Å². The number of hydrogen-bond acceptors (Lipinski definition) is 7. The van der Waals surface area contributed by atoms with Gasteiger partial charge in [-0.1, -0.05) is 42.8 Å². The van der Waals surface area contributed by atoms with Crippen LogP contribution in [0.5, 0.6) is 0 Å². The van der Waals surface area contributed by atoms with Gasteiger partial charge >= 0.3 is 5.97 Å². The quantitative estimate of drug-likeness (QED) is 0.367. The molecular weight excluding hydrogens is 466 g/mol. The van der Waals surface area contributed by atoms with Gasteiger partial charge in [-0.25, -0.2) is 4.79 Å². The van der Waals surface area contributed by atoms with Crippen molar-refractivity contribution in [2.75, 3.05) is 13.7 Å². The molecule has 2 N–H and O–H groups in total. The second-order valence-electron chi connectivity index (χ2n) is 8.78. The largest absolute Gasteiger partial charge is 0.455 e. The molecule has 0 amide bonds. The first-order valence-electron chi connectivity index (χ1n) is 11.6. The van der Waals surface area contributed by atoms with E-state index in [9.17, 15) is 15.0 Å². The lowest BCUT2D eigenvalue weighted by molar-refractivity contribution is -0.168. The van der Waals surface area contributed by atoms with Crippen LogP contribution in [0.2, 0.25) is 0 Å². The van der Waals surface area contributed by atoms with Gasteiger partial charge in [0.1, 0.15) is 6.10 Å². The molecule has 1 unspecified atom stereocenters. The molecular formula is C27H31NO4S2. The highest BCUT2D eigenvalue weighted by Gasteiger charge is 2.45. The van der Waals surface area contributed by atoms with Crippen LogP contribution in [-0.4, -0.2) is 40.8 Å². The summed E-state index contributed by atoms with van der Waals surface area (Å²) in [6.07, 6.45) is 7.30. The minimum atomic E-state index is -1.79. The molecule has 3 aromatic rings. The third-order valence-corrected chi connectivity index (χ3v) is 8.22. The molecule has 5 nitrogen and oxygen atoms in total. The summed E-state index contributed by atoms with van der Waals surface area (Å²) in [7, 11) is 1.99. The minimum absolute atomic E-state index is 0.136. The highest BCUT2D eigenvalue weighted by Crippen LogP contribution is 2.39. The van der Waals surface area contributed by atoms with Crippen LogP contribution < -0.4 is 0 Å². The second kappa shape index (κ2) is 11.3. The molecule has 1 saturated carbocycles. The predicted octanol–water partition coefficient (Wildman–Crippen LogP) is 4.94. The van der Waals surface area contributed by atoms with E-state index in [-0.39, 0.29) is 12.5 Å². The summed E-state index contributed by atoms with van der Waals surface area (Å²) in [5.74, 6) is -0.365. The van der Waals surface area contributed by atoms with Crippen molar-refractivity contribution in [3.05, 3.63) is 92.4 Å². The third-order valence-electron chi connectivity index (χ3n) is 6.26. The molecule has 1 fully saturated rings. The van der Waals surface area contributed by atoms with E-state index >= 15 is 0 Å². The first-order valence-corrected chi connectivity index (χ1v) is 13.4. The molecule has 2 heterocycles. The fraction of sp³-hybridized carbons (Fsp3) is 0.370. The number of aliphatic hydroxyl groups is 2. The lowest BCUT2D eigenvalue weighted by atomic mass is 9.81. The van der Waals surface area contributed by atoms with Gasteiger partial charge in [0.2, 0.25) is 5.60 Å². The van der Waals surface area contributed by atoms with Crippen molar-refractivity contribution in [1.82, 2.24) is 4.90 Å². The number of rotatable bonds is 11. The smallest absolute Gasteiger partial charge is 0.350 e. The van der Waals surface area contributed by atoms with Crippen molar-refractivity contribution in [2.45, 2.75) is 43.9 Å². The molecule has 0 aliphatic heterocycles. The maximum Gasteiger partial charge on any atom is 0.350 e. The van der Waals surface area contributed by atoms with E-state index in [0.717, 1.165) is 30.4 Å². The van der Waals surface area contributed by atoms with Crippen LogP contribution in [-0.2, 0) is 28.1 Å². The van der Waals surface area contributed by atoms with Gasteiger partial charge < -0.3 is 19.8 Å². The third kappa shape index (κ3) is 5.61. The van der Waals surface area contributed by atoms with Gasteiger partial charge in [-0.3, -0.25) is 0 Å². The lowest BCUT2D eigenvalue weighted by Gasteiger charge is -2.34. The van der Waals surface area contributed by atoms with Crippen molar-refractivity contribution < 1.29 is 19.7 Å². The number of aliphatic hydroxyl groups excluding tert-OH is 1. The molecule has 2 aromatic heterocycles. The van der Waals surface area contributed by atoms with Gasteiger partial charge in [-0.05, 0) is 71.5 Å². The van der Waals surface area contributed by atoms with Crippen LogP contribution in [0.25, 0.3) is 0 Å². The Morgan fingerprint density at radius 1 is 1.15 bits per heavy atom. The molecule has 1 aromatic carbocycles. The highest BCUT2D eigenvalue weighted by atomic mass is 32.1. The van der Waals surface area contributed by atoms with Gasteiger partial charge in [0.15, 0.2) is 0 Å². The zero-order valence-corrected chi connectivity index (χ0v) is 20.9. The number of esters is 1. The summed E-state index contributed by atoms with van der Waals surface area (Å²) in [6, 6.07) is 15.4. The Morgan fingerprint density at radius 2 is 1.82 bits per heavy atom. The fourth-order valence-corrected chi connectivity index (χ4v) is 5.86. The Labute approximate surface area is 208 Å². The molecule has 1 aliphatic rings. The molecule has 0 spiro atoms. The number of carbonyl (C=O) groups excluding carboxylic acids is 1. The second-order valence-corrected chi connectivity index (χ2v) is 10.7. The van der Waals surface area contributed by atoms with Crippen LogP contribution in [0.1, 0.15) is 40.1 Å². The van der Waals surface area contributed by atoms with E-state index in [2.05, 4.69) is 17.0 Å². The standard InChI is InChI=1S/C27H31NO4S2/c1-28(19-21-7-2-6-20(18-21)13-15-29)14-12-23(22-8-3-9-22)32-26(30)27(31,24-10-4-16-33-24)25-11-5-17-34-25/h2,4-7,10-12,14,16-18,22-23,29,31H,3,8-9,13,15,19H2,1H3/b14-12+. The average Bonchev–Trinajstić information content (AvgIpc) is 3.51. The van der Waals surface area contributed by atoms with Gasteiger partial charge in [0, 0.05) is 20.2 Å². The van der Waals surface area contributed by atoms with Crippen molar-refractivity contribution in [1.29, 1.82) is 0 Å². The minimum Gasteiger partial charge on any atom is -0.455 e. The van der Waals surface area contributed by atoms with Crippen molar-refractivity contribution >= 4 is 28.6 Å². The number of carbonyl (C=O) groups is 1. The van der Waals surface area contributed by atoms with E-state index < -0.39 is 17.7 Å². The Morgan fingerprint density at radius 3 is 2.38 bits per heavy atom. The van der Waals surface area contributed by atoms with Gasteiger partial charge in [0.05, 0.1) is 9.75 Å². The average molecular weight is 498 g/mol. The summed E-state index contributed by atoms with van der Waals surface area (Å²) < 4.78 is 6.00. The number of hydrogen-bond donors (Lipinski definition) is 2. The van der Waals surface area contributed by atoms with E-state index in [4.69, 9.17) is 4.74 Å². The maximum absolute atomic E-state index is 13.4. The zero-order valence-electron chi connectivity index (χ0n) is 19.3. The van der Waals surface area contributed by atoms with Crippen molar-refractivity contribution in [2.24, 2.45) is 5.92 Å². The summed E-state index contributed by atoms with van der Waals surface area (Å²) in [6.45, 7) is 0.840. The number of ether oxygens (including phenoxy) is 1. The van der Waals surface area contributed by atoms with Crippen LogP contribution >= 0.6 is 22.7 Å². The van der Waals surface area contributed by atoms with Crippen LogP contribution in [0.3, 0.4) is 0 Å². The molecule has 34 heavy (non-hydrogen) atoms. The van der Waals surface area contributed by atoms with E-state index in [0.29, 0.717) is 22.7 Å². The Balaban J connectivity index is 1.48. The number of thiophene rings is 2. The summed E-state index contributed by atoms with van der Waals surface area (Å²) in [5, 5.41) is 24.5. The molecule has 0 bridgehead atoms. The summed E-state index contributed by atoms with van der Waals surface area (Å²) in [5.41, 5.74) is 0.470. The molecule has 0 saturated heterocycles. The van der Waals surface area contributed by atoms with Gasteiger partial charge in [0.25, 0.3) is 0 Å². The molecule has 180 valence electrons.